The molecule has 0 aliphatic rings. The first-order valence-corrected chi connectivity index (χ1v) is 7.89. The molecule has 0 bridgehead atoms. The maximum Gasteiger partial charge on any atom is 0.231 e. The van der Waals surface area contributed by atoms with Gasteiger partial charge >= 0.3 is 0 Å². The fourth-order valence-corrected chi connectivity index (χ4v) is 3.09. The molecule has 6 nitrogen and oxygen atoms in total. The summed E-state index contributed by atoms with van der Waals surface area (Å²) < 4.78 is 5.30. The highest BCUT2D eigenvalue weighted by Gasteiger charge is 2.13. The van der Waals surface area contributed by atoms with Gasteiger partial charge < -0.3 is 9.73 Å². The Labute approximate surface area is 135 Å². The summed E-state index contributed by atoms with van der Waals surface area (Å²) >= 11 is 1.45. The number of aromatic amines is 1. The highest BCUT2D eigenvalue weighted by atomic mass is 32.1. The number of furan rings is 1. The van der Waals surface area contributed by atoms with Crippen LogP contribution < -0.4 is 5.32 Å². The molecule has 4 rings (SSSR count). The van der Waals surface area contributed by atoms with Gasteiger partial charge in [0.1, 0.15) is 0 Å². The Balaban J connectivity index is 1.48. The number of H-pyrrole nitrogens is 1. The summed E-state index contributed by atoms with van der Waals surface area (Å²) in [6, 6.07) is 11.3. The lowest BCUT2D eigenvalue weighted by Crippen LogP contribution is -2.15. The van der Waals surface area contributed by atoms with Crippen LogP contribution in [0.3, 0.4) is 0 Å². The summed E-state index contributed by atoms with van der Waals surface area (Å²) in [4.78, 5) is 16.6. The third-order valence-corrected chi connectivity index (χ3v) is 4.26. The van der Waals surface area contributed by atoms with E-state index in [4.69, 9.17) is 4.42 Å². The third kappa shape index (κ3) is 2.74. The van der Waals surface area contributed by atoms with Gasteiger partial charge in [0.05, 0.1) is 23.9 Å². The van der Waals surface area contributed by atoms with E-state index >= 15 is 0 Å². The number of nitrogens with zero attached hydrogens (tertiary/aromatic N) is 2. The van der Waals surface area contributed by atoms with E-state index in [0.29, 0.717) is 17.3 Å². The molecular weight excluding hydrogens is 312 g/mol. The number of para-hydroxylation sites is 1. The maximum atomic E-state index is 12.2. The predicted octanol–water partition coefficient (Wildman–Crippen LogP) is 3.46. The smallest absolute Gasteiger partial charge is 0.231 e. The zero-order chi connectivity index (χ0) is 15.6. The van der Waals surface area contributed by atoms with Gasteiger partial charge in [0, 0.05) is 10.8 Å². The molecule has 0 aliphatic heterocycles. The normalized spacial score (nSPS) is 11.0. The fraction of sp³-hybridized carbons (Fsp3) is 0.0625. The molecule has 1 aromatic carbocycles. The highest BCUT2D eigenvalue weighted by molar-refractivity contribution is 7.13. The van der Waals surface area contributed by atoms with Crippen LogP contribution in [-0.4, -0.2) is 21.1 Å². The molecule has 0 spiro atoms. The summed E-state index contributed by atoms with van der Waals surface area (Å²) in [5, 5.41) is 13.4. The lowest BCUT2D eigenvalue weighted by molar-refractivity contribution is -0.115. The molecule has 2 N–H and O–H groups in total. The largest absolute Gasteiger partial charge is 0.462 e. The summed E-state index contributed by atoms with van der Waals surface area (Å²) in [6.07, 6.45) is 1.80. The average molecular weight is 324 g/mol. The van der Waals surface area contributed by atoms with Crippen molar-refractivity contribution in [1.82, 2.24) is 15.2 Å². The molecule has 7 heteroatoms. The molecule has 0 saturated heterocycles. The van der Waals surface area contributed by atoms with E-state index in [2.05, 4.69) is 20.5 Å². The number of fused-ring (bicyclic) bond motifs is 1. The van der Waals surface area contributed by atoms with Crippen molar-refractivity contribution in [3.63, 3.8) is 0 Å². The Morgan fingerprint density at radius 1 is 1.26 bits per heavy atom. The van der Waals surface area contributed by atoms with Crippen molar-refractivity contribution in [1.29, 1.82) is 0 Å². The minimum absolute atomic E-state index is 0.154. The number of benzene rings is 1. The van der Waals surface area contributed by atoms with Gasteiger partial charge in [-0.2, -0.15) is 5.10 Å². The van der Waals surface area contributed by atoms with Crippen LogP contribution in [0, 0.1) is 0 Å². The summed E-state index contributed by atoms with van der Waals surface area (Å²) in [5.41, 5.74) is 1.59. The second-order valence-electron chi connectivity index (χ2n) is 4.96. The molecule has 0 fully saturated rings. The number of carbonyl (C=O) groups is 1. The molecule has 0 aliphatic carbocycles. The Kier molecular flexibility index (Phi) is 3.39. The van der Waals surface area contributed by atoms with E-state index in [1.165, 1.54) is 11.3 Å². The molecular formula is C16H12N4O2S. The van der Waals surface area contributed by atoms with Gasteiger partial charge in [0.15, 0.2) is 16.6 Å². The molecule has 0 radical (unpaired) electrons. The Morgan fingerprint density at radius 2 is 2.17 bits per heavy atom. The number of hydrogen-bond donors (Lipinski definition) is 2. The van der Waals surface area contributed by atoms with Gasteiger partial charge in [-0.3, -0.25) is 9.89 Å². The SMILES string of the molecule is O=C(Cc1csc(-c2ccco2)n1)Nc1n[nH]c2ccccc12. The first-order chi connectivity index (χ1) is 11.3. The van der Waals surface area contributed by atoms with E-state index < -0.39 is 0 Å². The first kappa shape index (κ1) is 13.7. The molecule has 23 heavy (non-hydrogen) atoms. The van der Waals surface area contributed by atoms with Gasteiger partial charge in [-0.15, -0.1) is 11.3 Å². The van der Waals surface area contributed by atoms with Crippen molar-refractivity contribution in [3.05, 3.63) is 53.7 Å². The second kappa shape index (κ2) is 5.69. The number of nitrogens with one attached hydrogen (secondary N) is 2. The van der Waals surface area contributed by atoms with Gasteiger partial charge in [0.25, 0.3) is 0 Å². The van der Waals surface area contributed by atoms with Crippen LogP contribution in [0.25, 0.3) is 21.7 Å². The van der Waals surface area contributed by atoms with Crippen molar-refractivity contribution in [2.24, 2.45) is 0 Å². The first-order valence-electron chi connectivity index (χ1n) is 7.01. The molecule has 114 valence electrons. The predicted molar refractivity (Wildman–Crippen MR) is 88.2 cm³/mol. The number of carbonyl (C=O) groups excluding carboxylic acids is 1. The van der Waals surface area contributed by atoms with Crippen LogP contribution in [0.5, 0.6) is 0 Å². The molecule has 0 saturated carbocycles. The standard InChI is InChI=1S/C16H12N4O2S/c21-14(18-15-11-4-1-2-5-12(11)19-20-15)8-10-9-23-16(17-10)13-6-3-7-22-13/h1-7,9H,8H2,(H2,18,19,20,21). The Morgan fingerprint density at radius 3 is 3.04 bits per heavy atom. The topological polar surface area (TPSA) is 83.8 Å². The summed E-state index contributed by atoms with van der Waals surface area (Å²) in [6.45, 7) is 0. The van der Waals surface area contributed by atoms with E-state index in [-0.39, 0.29) is 12.3 Å². The minimum Gasteiger partial charge on any atom is -0.462 e. The summed E-state index contributed by atoms with van der Waals surface area (Å²) in [7, 11) is 0. The molecule has 0 unspecified atom stereocenters. The van der Waals surface area contributed by atoms with E-state index in [9.17, 15) is 4.79 Å². The van der Waals surface area contributed by atoms with Crippen molar-refractivity contribution >= 4 is 34.0 Å². The monoisotopic (exact) mass is 324 g/mol. The quantitative estimate of drug-likeness (QED) is 0.602. The lowest BCUT2D eigenvalue weighted by Gasteiger charge is -2.00. The highest BCUT2D eigenvalue weighted by Crippen LogP contribution is 2.24. The zero-order valence-corrected chi connectivity index (χ0v) is 12.8. The van der Waals surface area contributed by atoms with E-state index in [0.717, 1.165) is 15.9 Å². The van der Waals surface area contributed by atoms with Gasteiger partial charge in [-0.05, 0) is 24.3 Å². The molecule has 1 amide bonds. The molecule has 3 aromatic heterocycles. The van der Waals surface area contributed by atoms with Gasteiger partial charge in [0.2, 0.25) is 5.91 Å². The second-order valence-corrected chi connectivity index (χ2v) is 5.82. The number of amides is 1. The van der Waals surface area contributed by atoms with Crippen molar-refractivity contribution in [2.45, 2.75) is 6.42 Å². The van der Waals surface area contributed by atoms with Gasteiger partial charge in [-0.25, -0.2) is 4.98 Å². The van der Waals surface area contributed by atoms with Crippen molar-refractivity contribution in [3.8, 4) is 10.8 Å². The Bertz CT molecular complexity index is 955. The molecule has 3 heterocycles. The van der Waals surface area contributed by atoms with Crippen LogP contribution in [0.2, 0.25) is 0 Å². The number of aromatic nitrogens is 3. The van der Waals surface area contributed by atoms with Crippen molar-refractivity contribution < 1.29 is 9.21 Å². The van der Waals surface area contributed by atoms with Crippen LogP contribution in [-0.2, 0) is 11.2 Å². The third-order valence-electron chi connectivity index (χ3n) is 3.35. The number of rotatable bonds is 4. The van der Waals surface area contributed by atoms with Gasteiger partial charge in [-0.1, -0.05) is 12.1 Å². The number of hydrogen-bond acceptors (Lipinski definition) is 5. The zero-order valence-electron chi connectivity index (χ0n) is 11.9. The molecule has 4 aromatic rings. The van der Waals surface area contributed by atoms with Crippen LogP contribution >= 0.6 is 11.3 Å². The van der Waals surface area contributed by atoms with Crippen LogP contribution in [0.4, 0.5) is 5.82 Å². The maximum absolute atomic E-state index is 12.2. The molecule has 0 atom stereocenters. The summed E-state index contributed by atoms with van der Waals surface area (Å²) in [5.74, 6) is 1.09. The Hall–Kier alpha value is -2.93. The lowest BCUT2D eigenvalue weighted by atomic mass is 10.2. The van der Waals surface area contributed by atoms with Crippen LogP contribution in [0.15, 0.2) is 52.5 Å². The number of thiazole rings is 1. The number of anilines is 1. The van der Waals surface area contributed by atoms with E-state index in [1.54, 1.807) is 6.26 Å². The van der Waals surface area contributed by atoms with Crippen LogP contribution in [0.1, 0.15) is 5.69 Å². The fourth-order valence-electron chi connectivity index (χ4n) is 2.30. The van der Waals surface area contributed by atoms with E-state index in [1.807, 2.05) is 41.8 Å². The average Bonchev–Trinajstić information content (AvgIpc) is 3.27. The van der Waals surface area contributed by atoms with Crippen molar-refractivity contribution in [2.75, 3.05) is 5.32 Å². The minimum atomic E-state index is -0.154.